The molecule has 0 saturated heterocycles. The van der Waals surface area contributed by atoms with Gasteiger partial charge in [0.15, 0.2) is 0 Å². The van der Waals surface area contributed by atoms with Gasteiger partial charge in [-0.25, -0.2) is 5.06 Å². The van der Waals surface area contributed by atoms with E-state index >= 15 is 0 Å². The van der Waals surface area contributed by atoms with E-state index < -0.39 is 0 Å². The Kier molecular flexibility index (Phi) is 5.29. The summed E-state index contributed by atoms with van der Waals surface area (Å²) in [5, 5.41) is 1.71. The van der Waals surface area contributed by atoms with Crippen LogP contribution < -0.4 is 0 Å². The minimum atomic E-state index is 0.606. The molecule has 0 unspecified atom stereocenters. The Bertz CT molecular complexity index is 166. The molecule has 0 spiro atoms. The first kappa shape index (κ1) is 10.3. The van der Waals surface area contributed by atoms with Gasteiger partial charge in [-0.05, 0) is 12.8 Å². The summed E-state index contributed by atoms with van der Waals surface area (Å²) in [6, 6.07) is 0. The minimum absolute atomic E-state index is 0.606. The lowest BCUT2D eigenvalue weighted by atomic mass is 10.3. The van der Waals surface area contributed by atoms with Gasteiger partial charge in [0.05, 0.1) is 13.2 Å². The summed E-state index contributed by atoms with van der Waals surface area (Å²) in [6.07, 6.45) is 9.98. The lowest BCUT2D eigenvalue weighted by Crippen LogP contribution is -2.16. The Labute approximate surface area is 79.6 Å². The van der Waals surface area contributed by atoms with Gasteiger partial charge in [-0.2, -0.15) is 0 Å². The summed E-state index contributed by atoms with van der Waals surface area (Å²) < 4.78 is 5.27. The van der Waals surface area contributed by atoms with Crippen molar-refractivity contribution in [3.8, 4) is 0 Å². The molecule has 0 atom stereocenters. The van der Waals surface area contributed by atoms with Gasteiger partial charge in [0.25, 0.3) is 0 Å². The second-order valence-corrected chi connectivity index (χ2v) is 2.81. The zero-order valence-electron chi connectivity index (χ0n) is 8.11. The first-order valence-corrected chi connectivity index (χ1v) is 4.76. The molecule has 1 rings (SSSR count). The molecule has 0 radical (unpaired) electrons. The molecule has 1 heterocycles. The number of hydrogen-bond donors (Lipinski definition) is 0. The average molecular weight is 183 g/mol. The van der Waals surface area contributed by atoms with Gasteiger partial charge in [-0.3, -0.25) is 4.84 Å². The maximum atomic E-state index is 5.36. The highest BCUT2D eigenvalue weighted by molar-refractivity contribution is 4.98. The van der Waals surface area contributed by atoms with Gasteiger partial charge < -0.3 is 4.74 Å². The number of allylic oxidation sites excluding steroid dienone is 2. The normalized spacial score (nSPS) is 15.3. The van der Waals surface area contributed by atoms with Crippen LogP contribution in [0.1, 0.15) is 19.8 Å². The molecule has 0 saturated carbocycles. The van der Waals surface area contributed by atoms with Crippen molar-refractivity contribution in [2.24, 2.45) is 0 Å². The zero-order chi connectivity index (χ0) is 9.36. The third-order valence-electron chi connectivity index (χ3n) is 1.59. The van der Waals surface area contributed by atoms with E-state index in [9.17, 15) is 0 Å². The third kappa shape index (κ3) is 4.70. The summed E-state index contributed by atoms with van der Waals surface area (Å²) >= 11 is 0. The van der Waals surface area contributed by atoms with Crippen LogP contribution in [0.25, 0.3) is 0 Å². The van der Waals surface area contributed by atoms with Crippen LogP contribution in [0.3, 0.4) is 0 Å². The van der Waals surface area contributed by atoms with E-state index in [1.807, 2.05) is 24.6 Å². The highest BCUT2D eigenvalue weighted by atomic mass is 16.7. The molecule has 13 heavy (non-hydrogen) atoms. The van der Waals surface area contributed by atoms with Gasteiger partial charge in [0, 0.05) is 19.0 Å². The summed E-state index contributed by atoms with van der Waals surface area (Å²) in [4.78, 5) is 5.36. The van der Waals surface area contributed by atoms with Crippen molar-refractivity contribution >= 4 is 0 Å². The van der Waals surface area contributed by atoms with Crippen LogP contribution in [0, 0.1) is 0 Å². The molecule has 1 aliphatic rings. The Morgan fingerprint density at radius 3 is 2.62 bits per heavy atom. The molecule has 0 amide bonds. The fourth-order valence-corrected chi connectivity index (χ4v) is 0.992. The molecular formula is C10H17NO2. The highest BCUT2D eigenvalue weighted by Gasteiger charge is 1.96. The minimum Gasteiger partial charge on any atom is -0.379 e. The predicted octanol–water partition coefficient (Wildman–Crippen LogP) is 2.08. The van der Waals surface area contributed by atoms with E-state index in [1.54, 1.807) is 5.06 Å². The smallest absolute Gasteiger partial charge is 0.0986 e. The van der Waals surface area contributed by atoms with Crippen LogP contribution >= 0.6 is 0 Å². The van der Waals surface area contributed by atoms with Crippen molar-refractivity contribution in [2.45, 2.75) is 19.8 Å². The molecule has 74 valence electrons. The van der Waals surface area contributed by atoms with Gasteiger partial charge in [-0.15, -0.1) is 0 Å². The summed E-state index contributed by atoms with van der Waals surface area (Å²) in [6.45, 7) is 4.17. The highest BCUT2D eigenvalue weighted by Crippen LogP contribution is 2.02. The largest absolute Gasteiger partial charge is 0.379 e. The summed E-state index contributed by atoms with van der Waals surface area (Å²) in [5.41, 5.74) is 0. The van der Waals surface area contributed by atoms with Crippen molar-refractivity contribution < 1.29 is 9.57 Å². The van der Waals surface area contributed by atoms with E-state index in [1.165, 1.54) is 0 Å². The van der Waals surface area contributed by atoms with Crippen molar-refractivity contribution in [1.29, 1.82) is 0 Å². The number of hydroxylamine groups is 2. The lowest BCUT2D eigenvalue weighted by molar-refractivity contribution is -0.101. The number of rotatable bonds is 6. The lowest BCUT2D eigenvalue weighted by Gasteiger charge is -2.17. The van der Waals surface area contributed by atoms with Crippen molar-refractivity contribution in [2.75, 3.05) is 19.8 Å². The first-order chi connectivity index (χ1) is 6.43. The molecule has 1 aliphatic heterocycles. The van der Waals surface area contributed by atoms with E-state index in [-0.39, 0.29) is 0 Å². The number of hydrogen-bond acceptors (Lipinski definition) is 3. The molecule has 0 aromatic rings. The molecule has 0 aliphatic carbocycles. The summed E-state index contributed by atoms with van der Waals surface area (Å²) in [5.74, 6) is 0. The second kappa shape index (κ2) is 6.69. The van der Waals surface area contributed by atoms with Crippen molar-refractivity contribution in [3.63, 3.8) is 0 Å². The first-order valence-electron chi connectivity index (χ1n) is 4.76. The van der Waals surface area contributed by atoms with Gasteiger partial charge in [0.2, 0.25) is 0 Å². The van der Waals surface area contributed by atoms with E-state index in [0.29, 0.717) is 13.2 Å². The Balaban J connectivity index is 1.96. The molecule has 0 N–H and O–H groups in total. The second-order valence-electron chi connectivity index (χ2n) is 2.81. The number of nitrogens with zero attached hydrogens (tertiary/aromatic N) is 1. The van der Waals surface area contributed by atoms with Gasteiger partial charge in [-0.1, -0.05) is 19.1 Å². The molecule has 3 heteroatoms. The van der Waals surface area contributed by atoms with E-state index in [0.717, 1.165) is 19.4 Å². The van der Waals surface area contributed by atoms with Crippen molar-refractivity contribution in [3.05, 3.63) is 24.6 Å². The van der Waals surface area contributed by atoms with Crippen LogP contribution in [0.4, 0.5) is 0 Å². The molecule has 3 nitrogen and oxygen atoms in total. The van der Waals surface area contributed by atoms with Crippen LogP contribution in [0.5, 0.6) is 0 Å². The van der Waals surface area contributed by atoms with Crippen LogP contribution in [0.2, 0.25) is 0 Å². The maximum absolute atomic E-state index is 5.36. The zero-order valence-corrected chi connectivity index (χ0v) is 8.11. The third-order valence-corrected chi connectivity index (χ3v) is 1.59. The fraction of sp³-hybridized carbons (Fsp3) is 0.600. The topological polar surface area (TPSA) is 21.7 Å². The molecular weight excluding hydrogens is 166 g/mol. The van der Waals surface area contributed by atoms with Crippen LogP contribution in [-0.2, 0) is 9.57 Å². The standard InChI is InChI=1S/C10H17NO2/c1-2-8-12-9-10-13-11-6-4-3-5-7-11/h4-7H,2-3,8-10H2,1H3. The maximum Gasteiger partial charge on any atom is 0.0986 e. The van der Waals surface area contributed by atoms with E-state index in [2.05, 4.69) is 6.92 Å². The Morgan fingerprint density at radius 2 is 1.92 bits per heavy atom. The number of ether oxygens (including phenoxy) is 1. The Hall–Kier alpha value is -0.800. The monoisotopic (exact) mass is 183 g/mol. The molecule has 0 fully saturated rings. The van der Waals surface area contributed by atoms with Crippen LogP contribution in [-0.4, -0.2) is 24.9 Å². The molecule has 0 bridgehead atoms. The summed E-state index contributed by atoms with van der Waals surface area (Å²) in [7, 11) is 0. The SMILES string of the molecule is CCCOCCON1C=CCC=C1. The Morgan fingerprint density at radius 1 is 1.15 bits per heavy atom. The van der Waals surface area contributed by atoms with Gasteiger partial charge >= 0.3 is 0 Å². The quantitative estimate of drug-likeness (QED) is 0.588. The molecule has 0 aromatic heterocycles. The van der Waals surface area contributed by atoms with E-state index in [4.69, 9.17) is 9.57 Å². The predicted molar refractivity (Wildman–Crippen MR) is 51.8 cm³/mol. The molecule has 0 aromatic carbocycles. The fourth-order valence-electron chi connectivity index (χ4n) is 0.992. The van der Waals surface area contributed by atoms with Gasteiger partial charge in [0.1, 0.15) is 0 Å². The average Bonchev–Trinajstić information content (AvgIpc) is 2.19. The van der Waals surface area contributed by atoms with Crippen molar-refractivity contribution in [1.82, 2.24) is 5.06 Å². The van der Waals surface area contributed by atoms with Crippen LogP contribution in [0.15, 0.2) is 24.6 Å².